The molecule has 0 aliphatic carbocycles. The predicted octanol–water partition coefficient (Wildman–Crippen LogP) is 1.25. The van der Waals surface area contributed by atoms with Gasteiger partial charge in [-0.3, -0.25) is 0 Å². The number of allylic oxidation sites excluding steroid dienone is 1. The monoisotopic (exact) mass is 233 g/mol. The van der Waals surface area contributed by atoms with E-state index in [1.807, 2.05) is 0 Å². The molecule has 0 saturated heterocycles. The third kappa shape index (κ3) is 40.9. The Hall–Kier alpha value is 1.82. The van der Waals surface area contributed by atoms with Crippen molar-refractivity contribution in [1.82, 2.24) is 0 Å². The van der Waals surface area contributed by atoms with E-state index in [4.69, 9.17) is 0 Å². The Labute approximate surface area is 90.9 Å². The summed E-state index contributed by atoms with van der Waals surface area (Å²) in [7, 11) is 0. The third-order valence-electron chi connectivity index (χ3n) is 0. The summed E-state index contributed by atoms with van der Waals surface area (Å²) in [6.45, 7) is 7.75. The Kier molecular flexibility index (Phi) is 121. The van der Waals surface area contributed by atoms with Crippen LogP contribution in [0.15, 0.2) is 6.08 Å². The molecule has 0 rings (SSSR count). The first-order chi connectivity index (χ1) is 1.41. The van der Waals surface area contributed by atoms with Gasteiger partial charge in [0.1, 0.15) is 0 Å². The van der Waals surface area contributed by atoms with Gasteiger partial charge in [0.15, 0.2) is 0 Å². The molecule has 0 heterocycles. The molecule has 0 N–H and O–H groups in total. The maximum atomic E-state index is 4.61. The zero-order valence-corrected chi connectivity index (χ0v) is 9.69. The van der Waals surface area contributed by atoms with Crippen LogP contribution in [0, 0.1) is 20.9 Å². The van der Waals surface area contributed by atoms with E-state index in [-0.39, 0.29) is 72.8 Å². The molecule has 0 aromatic heterocycles. The molecule has 32 valence electrons. The smallest absolute Gasteiger partial charge is 0 e. The minimum Gasteiger partial charge on any atom is -0.549 e. The molecule has 0 fully saturated rings. The zero-order valence-electron chi connectivity index (χ0n) is 4.02. The average Bonchev–Trinajstić information content (AvgIpc) is 0.918. The summed E-state index contributed by atoms with van der Waals surface area (Å²) in [6, 6.07) is 0. The van der Waals surface area contributed by atoms with Crippen molar-refractivity contribution >= 4 is 0 Å². The first kappa shape index (κ1) is 24.9. The van der Waals surface area contributed by atoms with Gasteiger partial charge in [0, 0.05) is 65.4 Å². The fraction of sp³-hybridized carbons (Fsp3) is 0. The largest absolute Gasteiger partial charge is 0.549 e. The average molecular weight is 233 g/mol. The van der Waals surface area contributed by atoms with Crippen LogP contribution < -0.4 is 0 Å². The summed E-state index contributed by atoms with van der Waals surface area (Å²) < 4.78 is 0. The van der Waals surface area contributed by atoms with Gasteiger partial charge in [-0.2, -0.15) is 0 Å². The van der Waals surface area contributed by atoms with Gasteiger partial charge >= 0.3 is 0 Å². The second-order valence-electron chi connectivity index (χ2n) is 0.236. The minimum atomic E-state index is 0. The van der Waals surface area contributed by atoms with Crippen molar-refractivity contribution in [2.24, 2.45) is 0 Å². The maximum absolute atomic E-state index is 4.61. The van der Waals surface area contributed by atoms with Crippen molar-refractivity contribution in [2.45, 2.75) is 0 Å². The molecule has 0 bridgehead atoms. The Morgan fingerprint density at radius 1 is 1.33 bits per heavy atom. The second-order valence-corrected chi connectivity index (χ2v) is 0.236. The van der Waals surface area contributed by atoms with Crippen LogP contribution in [0.4, 0.5) is 0 Å². The van der Waals surface area contributed by atoms with E-state index >= 15 is 0 Å². The van der Waals surface area contributed by atoms with Crippen molar-refractivity contribution < 1.29 is 65.4 Å². The molecule has 0 aliphatic heterocycles. The van der Waals surface area contributed by atoms with Crippen molar-refractivity contribution in [3.63, 3.8) is 0 Å². The third-order valence-corrected chi connectivity index (χ3v) is 0. The first-order valence-electron chi connectivity index (χ1n) is 0.742. The van der Waals surface area contributed by atoms with E-state index in [1.54, 1.807) is 0 Å². The Balaban J connectivity index is -0.00000000667. The van der Waals surface area contributed by atoms with E-state index in [1.165, 1.54) is 6.08 Å². The summed E-state index contributed by atoms with van der Waals surface area (Å²) >= 11 is 0. The van der Waals surface area contributed by atoms with Crippen LogP contribution in [0.5, 0.6) is 0 Å². The van der Waals surface area contributed by atoms with Crippen LogP contribution in [0.3, 0.4) is 0 Å². The molecule has 2 radical (unpaired) electrons. The molecule has 0 nitrogen and oxygen atoms in total. The maximum Gasteiger partial charge on any atom is 0 e. The van der Waals surface area contributed by atoms with Crippen molar-refractivity contribution in [1.29, 1.82) is 0 Å². The van der Waals surface area contributed by atoms with Crippen LogP contribution in [0.1, 0.15) is 0 Å². The van der Waals surface area contributed by atoms with Crippen LogP contribution in [0.25, 0.3) is 0 Å². The molecule has 0 amide bonds. The van der Waals surface area contributed by atoms with Crippen molar-refractivity contribution in [3.05, 3.63) is 27.0 Å². The van der Waals surface area contributed by atoms with E-state index in [9.17, 15) is 0 Å². The second kappa shape index (κ2) is 29.1. The molecule has 0 aliphatic rings. The molecule has 6 heavy (non-hydrogen) atoms. The van der Waals surface area contributed by atoms with Gasteiger partial charge in [-0.05, 0) is 0 Å². The van der Waals surface area contributed by atoms with Crippen LogP contribution in [-0.4, -0.2) is 0 Å². The fourth-order valence-corrected chi connectivity index (χ4v) is 0. The summed E-state index contributed by atoms with van der Waals surface area (Å²) in [5.74, 6) is 0. The van der Waals surface area contributed by atoms with E-state index in [0.29, 0.717) is 0 Å². The first-order valence-corrected chi connectivity index (χ1v) is 0.742. The topological polar surface area (TPSA) is 0 Å². The summed E-state index contributed by atoms with van der Waals surface area (Å²) in [4.78, 5) is 0. The van der Waals surface area contributed by atoms with Crippen LogP contribution in [0.2, 0.25) is 0 Å². The molecule has 0 atom stereocenters. The van der Waals surface area contributed by atoms with Gasteiger partial charge in [0.2, 0.25) is 0 Å². The molecule has 0 aromatic rings. The minimum absolute atomic E-state index is 0. The van der Waals surface area contributed by atoms with E-state index in [2.05, 4.69) is 13.5 Å². The molecule has 0 unspecified atom stereocenters. The summed E-state index contributed by atoms with van der Waals surface area (Å²) in [5.41, 5.74) is 0. The zero-order chi connectivity index (χ0) is 2.71. The van der Waals surface area contributed by atoms with Gasteiger partial charge < -0.3 is 27.0 Å². The van der Waals surface area contributed by atoms with Gasteiger partial charge in [-0.25, -0.2) is 0 Å². The number of rotatable bonds is 0. The van der Waals surface area contributed by atoms with Crippen molar-refractivity contribution in [2.75, 3.05) is 0 Å². The van der Waals surface area contributed by atoms with Crippen LogP contribution in [-0.2, 0) is 65.4 Å². The molecule has 0 saturated carbocycles. The van der Waals surface area contributed by atoms with E-state index < -0.39 is 0 Å². The SMILES string of the molecule is [CH-]=C[CH2-].[CH3-].[Y].[Y]. The number of hydrogen-bond acceptors (Lipinski definition) is 0. The Bertz CT molecular complexity index is 13.0. The van der Waals surface area contributed by atoms with Gasteiger partial charge in [0.05, 0.1) is 0 Å². The van der Waals surface area contributed by atoms with Crippen molar-refractivity contribution in [3.8, 4) is 0 Å². The summed E-state index contributed by atoms with van der Waals surface area (Å²) in [5, 5.41) is 0. The summed E-state index contributed by atoms with van der Waals surface area (Å²) in [6.07, 6.45) is 1.25. The normalized spacial score (nSPS) is 2.00. The molecular weight excluding hydrogens is 226 g/mol. The standard InChI is InChI=1S/C3H4.CH3.2Y/c1-3-2;;;/h1,3H,2H2;1H3;;/q-2;-1;;. The molecule has 0 aromatic carbocycles. The van der Waals surface area contributed by atoms with Gasteiger partial charge in [0.25, 0.3) is 0 Å². The van der Waals surface area contributed by atoms with Gasteiger partial charge in [-0.1, -0.05) is 0 Å². The molecule has 2 heteroatoms. The number of hydrogen-bond donors (Lipinski definition) is 0. The van der Waals surface area contributed by atoms with E-state index in [0.717, 1.165) is 0 Å². The van der Waals surface area contributed by atoms with Crippen LogP contribution >= 0.6 is 0 Å². The Morgan fingerprint density at radius 3 is 1.33 bits per heavy atom. The Morgan fingerprint density at radius 2 is 1.33 bits per heavy atom. The predicted molar refractivity (Wildman–Crippen MR) is 20.6 cm³/mol. The molecular formula is C4H7Y2-3. The quantitative estimate of drug-likeness (QED) is 0.552. The van der Waals surface area contributed by atoms with Gasteiger partial charge in [-0.15, -0.1) is 0 Å². The molecule has 0 spiro atoms. The fourth-order valence-electron chi connectivity index (χ4n) is 0.